The van der Waals surface area contributed by atoms with Crippen LogP contribution in [0.15, 0.2) is 36.6 Å². The topological polar surface area (TPSA) is 32.3 Å². The highest BCUT2D eigenvalue weighted by molar-refractivity contribution is 7.80. The standard InChI is InChI=1S/C13H10Cl2N2OS/c1-2-5-17-12(18)11(16-13(17)19)6-8-3-4-9(14)7-10(8)15/h2-4,6-7H,1,5H2,(H,16,19)/b11-6-. The smallest absolute Gasteiger partial charge is 0.276 e. The van der Waals surface area contributed by atoms with E-state index in [0.717, 1.165) is 0 Å². The van der Waals surface area contributed by atoms with Crippen LogP contribution in [0.5, 0.6) is 0 Å². The van der Waals surface area contributed by atoms with Gasteiger partial charge in [0.25, 0.3) is 5.91 Å². The third-order valence-electron chi connectivity index (χ3n) is 2.54. The average molecular weight is 313 g/mol. The second-order valence-corrected chi connectivity index (χ2v) is 5.09. The summed E-state index contributed by atoms with van der Waals surface area (Å²) >= 11 is 17.0. The largest absolute Gasteiger partial charge is 0.328 e. The molecule has 1 N–H and O–H groups in total. The third kappa shape index (κ3) is 2.97. The number of nitrogens with zero attached hydrogens (tertiary/aromatic N) is 1. The van der Waals surface area contributed by atoms with Crippen LogP contribution in [0, 0.1) is 0 Å². The Morgan fingerprint density at radius 1 is 1.42 bits per heavy atom. The number of benzene rings is 1. The van der Waals surface area contributed by atoms with Gasteiger partial charge in [-0.15, -0.1) is 6.58 Å². The van der Waals surface area contributed by atoms with Gasteiger partial charge in [0.2, 0.25) is 0 Å². The molecule has 1 aromatic rings. The molecule has 1 aliphatic heterocycles. The molecule has 2 rings (SSSR count). The molecular weight excluding hydrogens is 303 g/mol. The molecule has 1 amide bonds. The predicted octanol–water partition coefficient (Wildman–Crippen LogP) is 3.24. The Morgan fingerprint density at radius 2 is 2.16 bits per heavy atom. The van der Waals surface area contributed by atoms with Crippen LogP contribution in [0.25, 0.3) is 6.08 Å². The average Bonchev–Trinajstić information content (AvgIpc) is 2.61. The predicted molar refractivity (Wildman–Crippen MR) is 82.1 cm³/mol. The van der Waals surface area contributed by atoms with Gasteiger partial charge < -0.3 is 5.32 Å². The van der Waals surface area contributed by atoms with Gasteiger partial charge in [0.15, 0.2) is 5.11 Å². The summed E-state index contributed by atoms with van der Waals surface area (Å²) in [5.74, 6) is -0.198. The summed E-state index contributed by atoms with van der Waals surface area (Å²) < 4.78 is 0. The molecule has 0 unspecified atom stereocenters. The van der Waals surface area contributed by atoms with Crippen LogP contribution in [-0.4, -0.2) is 22.5 Å². The molecule has 3 nitrogen and oxygen atoms in total. The number of halogens is 2. The number of nitrogens with one attached hydrogen (secondary N) is 1. The fourth-order valence-electron chi connectivity index (χ4n) is 1.64. The lowest BCUT2D eigenvalue weighted by molar-refractivity contribution is -0.122. The molecule has 0 aromatic heterocycles. The van der Waals surface area contributed by atoms with Crippen LogP contribution < -0.4 is 5.32 Å². The fourth-order valence-corrected chi connectivity index (χ4v) is 2.37. The van der Waals surface area contributed by atoms with Crippen molar-refractivity contribution < 1.29 is 4.79 Å². The van der Waals surface area contributed by atoms with E-state index in [0.29, 0.717) is 33.0 Å². The number of hydrogen-bond acceptors (Lipinski definition) is 2. The monoisotopic (exact) mass is 312 g/mol. The summed E-state index contributed by atoms with van der Waals surface area (Å²) in [6, 6.07) is 5.07. The minimum Gasteiger partial charge on any atom is -0.328 e. The van der Waals surface area contributed by atoms with Gasteiger partial charge in [-0.25, -0.2) is 0 Å². The minimum atomic E-state index is -0.198. The van der Waals surface area contributed by atoms with E-state index in [1.807, 2.05) is 0 Å². The molecule has 98 valence electrons. The van der Waals surface area contributed by atoms with Crippen molar-refractivity contribution >= 4 is 52.5 Å². The van der Waals surface area contributed by atoms with Crippen LogP contribution in [0.4, 0.5) is 0 Å². The lowest BCUT2D eigenvalue weighted by Crippen LogP contribution is -2.30. The van der Waals surface area contributed by atoms with Crippen LogP contribution >= 0.6 is 35.4 Å². The minimum absolute atomic E-state index is 0.198. The molecule has 1 heterocycles. The summed E-state index contributed by atoms with van der Waals surface area (Å²) in [6.45, 7) is 3.96. The van der Waals surface area contributed by atoms with Gasteiger partial charge in [-0.1, -0.05) is 35.3 Å². The Morgan fingerprint density at radius 3 is 2.79 bits per heavy atom. The van der Waals surface area contributed by atoms with E-state index >= 15 is 0 Å². The highest BCUT2D eigenvalue weighted by atomic mass is 35.5. The number of rotatable bonds is 3. The Balaban J connectivity index is 2.32. The highest BCUT2D eigenvalue weighted by Crippen LogP contribution is 2.24. The molecular formula is C13H10Cl2N2OS. The zero-order chi connectivity index (χ0) is 14.0. The quantitative estimate of drug-likeness (QED) is 0.528. The van der Waals surface area contributed by atoms with Gasteiger partial charge in [0.1, 0.15) is 5.70 Å². The van der Waals surface area contributed by atoms with Crippen LogP contribution in [0.3, 0.4) is 0 Å². The molecule has 1 aromatic carbocycles. The second-order valence-electron chi connectivity index (χ2n) is 3.86. The van der Waals surface area contributed by atoms with Gasteiger partial charge in [-0.05, 0) is 36.0 Å². The van der Waals surface area contributed by atoms with Crippen LogP contribution in [-0.2, 0) is 4.79 Å². The first kappa shape index (κ1) is 14.1. The van der Waals surface area contributed by atoms with Crippen molar-refractivity contribution in [2.24, 2.45) is 0 Å². The van der Waals surface area contributed by atoms with Crippen molar-refractivity contribution in [3.8, 4) is 0 Å². The molecule has 0 aliphatic carbocycles. The highest BCUT2D eigenvalue weighted by Gasteiger charge is 2.29. The number of carbonyl (C=O) groups excluding carboxylic acids is 1. The molecule has 0 atom stereocenters. The van der Waals surface area contributed by atoms with Crippen LogP contribution in [0.2, 0.25) is 10.0 Å². The SMILES string of the molecule is C=CCN1C(=O)/C(=C/c2ccc(Cl)cc2Cl)NC1=S. The summed E-state index contributed by atoms with van der Waals surface area (Å²) in [5, 5.41) is 4.24. The van der Waals surface area contributed by atoms with E-state index in [-0.39, 0.29) is 5.91 Å². The van der Waals surface area contributed by atoms with Gasteiger partial charge in [-0.3, -0.25) is 9.69 Å². The van der Waals surface area contributed by atoms with Gasteiger partial charge >= 0.3 is 0 Å². The first-order valence-corrected chi connectivity index (χ1v) is 6.60. The normalized spacial score (nSPS) is 16.9. The molecule has 1 aliphatic rings. The summed E-state index contributed by atoms with van der Waals surface area (Å²) in [7, 11) is 0. The van der Waals surface area contributed by atoms with Gasteiger partial charge in [0, 0.05) is 16.6 Å². The lowest BCUT2D eigenvalue weighted by Gasteiger charge is -2.09. The first-order chi connectivity index (χ1) is 9.02. The third-order valence-corrected chi connectivity index (χ3v) is 3.42. The van der Waals surface area contributed by atoms with Crippen molar-refractivity contribution in [1.29, 1.82) is 0 Å². The summed E-state index contributed by atoms with van der Waals surface area (Å²) in [6.07, 6.45) is 3.26. The maximum Gasteiger partial charge on any atom is 0.276 e. The molecule has 0 saturated carbocycles. The Kier molecular flexibility index (Phi) is 4.24. The molecule has 0 radical (unpaired) electrons. The maximum absolute atomic E-state index is 12.1. The summed E-state index contributed by atoms with van der Waals surface area (Å²) in [4.78, 5) is 13.5. The first-order valence-electron chi connectivity index (χ1n) is 5.43. The fraction of sp³-hybridized carbons (Fsp3) is 0.0769. The van der Waals surface area contributed by atoms with Gasteiger partial charge in [-0.2, -0.15) is 0 Å². The van der Waals surface area contributed by atoms with E-state index in [1.54, 1.807) is 30.4 Å². The number of carbonyl (C=O) groups is 1. The Bertz CT molecular complexity index is 598. The molecule has 0 bridgehead atoms. The lowest BCUT2D eigenvalue weighted by atomic mass is 10.2. The van der Waals surface area contributed by atoms with E-state index in [1.165, 1.54) is 4.90 Å². The summed E-state index contributed by atoms with van der Waals surface area (Å²) in [5.41, 5.74) is 1.08. The van der Waals surface area contributed by atoms with Crippen molar-refractivity contribution in [1.82, 2.24) is 10.2 Å². The number of amides is 1. The van der Waals surface area contributed by atoms with Crippen molar-refractivity contribution in [2.45, 2.75) is 0 Å². The Labute approximate surface area is 126 Å². The van der Waals surface area contributed by atoms with E-state index in [2.05, 4.69) is 11.9 Å². The van der Waals surface area contributed by atoms with Crippen molar-refractivity contribution in [3.05, 3.63) is 52.2 Å². The van der Waals surface area contributed by atoms with E-state index in [4.69, 9.17) is 35.4 Å². The van der Waals surface area contributed by atoms with Crippen LogP contribution in [0.1, 0.15) is 5.56 Å². The number of thiocarbonyl (C=S) groups is 1. The van der Waals surface area contributed by atoms with Gasteiger partial charge in [0.05, 0.1) is 0 Å². The zero-order valence-corrected chi connectivity index (χ0v) is 12.1. The van der Waals surface area contributed by atoms with Crippen molar-refractivity contribution in [3.63, 3.8) is 0 Å². The van der Waals surface area contributed by atoms with Crippen molar-refractivity contribution in [2.75, 3.05) is 6.54 Å². The van der Waals surface area contributed by atoms with E-state index < -0.39 is 0 Å². The maximum atomic E-state index is 12.1. The second kappa shape index (κ2) is 5.74. The molecule has 1 saturated heterocycles. The molecule has 19 heavy (non-hydrogen) atoms. The molecule has 0 spiro atoms. The number of hydrogen-bond donors (Lipinski definition) is 1. The zero-order valence-electron chi connectivity index (χ0n) is 9.82. The van der Waals surface area contributed by atoms with E-state index in [9.17, 15) is 4.79 Å². The molecule has 1 fully saturated rings. The Hall–Kier alpha value is -1.36. The molecule has 6 heteroatoms.